The summed E-state index contributed by atoms with van der Waals surface area (Å²) >= 11 is 0. The van der Waals surface area contributed by atoms with Crippen molar-refractivity contribution in [2.45, 2.75) is 39.8 Å². The van der Waals surface area contributed by atoms with Gasteiger partial charge in [0.15, 0.2) is 5.69 Å². The van der Waals surface area contributed by atoms with Crippen LogP contribution in [0.4, 0.5) is 5.82 Å². The highest BCUT2D eigenvalue weighted by atomic mass is 16.1. The van der Waals surface area contributed by atoms with E-state index in [1.54, 1.807) is 12.1 Å². The third-order valence-electron chi connectivity index (χ3n) is 2.97. The molecule has 2 aromatic rings. The van der Waals surface area contributed by atoms with Gasteiger partial charge in [0.25, 0.3) is 5.91 Å². The fourth-order valence-corrected chi connectivity index (χ4v) is 1.88. The van der Waals surface area contributed by atoms with E-state index in [0.29, 0.717) is 18.1 Å². The van der Waals surface area contributed by atoms with E-state index >= 15 is 0 Å². The molecule has 0 radical (unpaired) electrons. The molecule has 2 rings (SSSR count). The van der Waals surface area contributed by atoms with Gasteiger partial charge in [0.1, 0.15) is 5.82 Å². The summed E-state index contributed by atoms with van der Waals surface area (Å²) < 4.78 is 0. The van der Waals surface area contributed by atoms with E-state index in [-0.39, 0.29) is 11.4 Å². The van der Waals surface area contributed by atoms with E-state index in [0.717, 1.165) is 5.56 Å². The van der Waals surface area contributed by atoms with Crippen LogP contribution in [0.2, 0.25) is 0 Å². The van der Waals surface area contributed by atoms with Crippen LogP contribution in [0.15, 0.2) is 36.4 Å². The van der Waals surface area contributed by atoms with Gasteiger partial charge in [0, 0.05) is 12.1 Å². The first-order valence-corrected chi connectivity index (χ1v) is 7.29. The first kappa shape index (κ1) is 15.9. The molecule has 2 N–H and O–H groups in total. The Labute approximate surface area is 131 Å². The van der Waals surface area contributed by atoms with Crippen LogP contribution in [-0.4, -0.2) is 21.6 Å². The van der Waals surface area contributed by atoms with Crippen molar-refractivity contribution in [2.24, 2.45) is 0 Å². The highest BCUT2D eigenvalue weighted by molar-refractivity contribution is 5.92. The Kier molecular flexibility index (Phi) is 4.75. The number of carbonyl (C=O) groups excluding carboxylic acids is 1. The average molecular weight is 298 g/mol. The normalized spacial score (nSPS) is 11.1. The SMILES string of the molecule is Cc1ccc(CNC(=O)c2ccc(NC(C)(C)C)nn2)cc1. The van der Waals surface area contributed by atoms with Crippen molar-refractivity contribution in [3.05, 3.63) is 53.2 Å². The summed E-state index contributed by atoms with van der Waals surface area (Å²) in [7, 11) is 0. The number of rotatable bonds is 4. The lowest BCUT2D eigenvalue weighted by atomic mass is 10.1. The van der Waals surface area contributed by atoms with Crippen LogP contribution in [-0.2, 0) is 6.54 Å². The number of benzene rings is 1. The Morgan fingerprint density at radius 1 is 1.05 bits per heavy atom. The van der Waals surface area contributed by atoms with Crippen LogP contribution in [0, 0.1) is 6.92 Å². The van der Waals surface area contributed by atoms with Gasteiger partial charge in [0.05, 0.1) is 0 Å². The van der Waals surface area contributed by atoms with E-state index in [9.17, 15) is 4.79 Å². The first-order chi connectivity index (χ1) is 10.3. The minimum absolute atomic E-state index is 0.0934. The van der Waals surface area contributed by atoms with E-state index in [1.165, 1.54) is 5.56 Å². The molecule has 1 aromatic carbocycles. The minimum atomic E-state index is -0.226. The fraction of sp³-hybridized carbons (Fsp3) is 0.353. The molecular formula is C17H22N4O. The number of hydrogen-bond donors (Lipinski definition) is 2. The van der Waals surface area contributed by atoms with Gasteiger partial charge in [-0.1, -0.05) is 29.8 Å². The van der Waals surface area contributed by atoms with Gasteiger partial charge in [-0.2, -0.15) is 0 Å². The van der Waals surface area contributed by atoms with Gasteiger partial charge >= 0.3 is 0 Å². The molecule has 0 atom stereocenters. The highest BCUT2D eigenvalue weighted by Gasteiger charge is 2.12. The summed E-state index contributed by atoms with van der Waals surface area (Å²) in [5, 5.41) is 14.0. The van der Waals surface area contributed by atoms with E-state index in [1.807, 2.05) is 52.0 Å². The van der Waals surface area contributed by atoms with Crippen LogP contribution < -0.4 is 10.6 Å². The van der Waals surface area contributed by atoms with Gasteiger partial charge in [-0.25, -0.2) is 0 Å². The van der Waals surface area contributed by atoms with Gasteiger partial charge in [-0.3, -0.25) is 4.79 Å². The molecule has 0 bridgehead atoms. The number of anilines is 1. The number of nitrogens with one attached hydrogen (secondary N) is 2. The van der Waals surface area contributed by atoms with E-state index in [4.69, 9.17) is 0 Å². The number of nitrogens with zero attached hydrogens (tertiary/aromatic N) is 2. The Morgan fingerprint density at radius 3 is 2.27 bits per heavy atom. The monoisotopic (exact) mass is 298 g/mol. The van der Waals surface area contributed by atoms with Crippen LogP contribution in [0.5, 0.6) is 0 Å². The lowest BCUT2D eigenvalue weighted by Gasteiger charge is -2.20. The van der Waals surface area contributed by atoms with Crippen LogP contribution in [0.25, 0.3) is 0 Å². The molecule has 0 fully saturated rings. The summed E-state index contributed by atoms with van der Waals surface area (Å²) in [5.41, 5.74) is 2.47. The van der Waals surface area contributed by atoms with Crippen molar-refractivity contribution in [3.63, 3.8) is 0 Å². The summed E-state index contributed by atoms with van der Waals surface area (Å²) in [6.07, 6.45) is 0. The average Bonchev–Trinajstić information content (AvgIpc) is 2.45. The fourth-order valence-electron chi connectivity index (χ4n) is 1.88. The van der Waals surface area contributed by atoms with E-state index < -0.39 is 0 Å². The standard InChI is InChI=1S/C17H22N4O/c1-12-5-7-13(8-6-12)11-18-16(22)14-9-10-15(21-20-14)19-17(2,3)4/h5-10H,11H2,1-4H3,(H,18,22)(H,19,21). The lowest BCUT2D eigenvalue weighted by Crippen LogP contribution is -2.27. The predicted octanol–water partition coefficient (Wildman–Crippen LogP) is 2.93. The molecule has 0 aliphatic rings. The maximum atomic E-state index is 12.0. The molecule has 1 amide bonds. The highest BCUT2D eigenvalue weighted by Crippen LogP contribution is 2.11. The summed E-state index contributed by atoms with van der Waals surface area (Å²) in [4.78, 5) is 12.0. The molecular weight excluding hydrogens is 276 g/mol. The molecule has 116 valence electrons. The third-order valence-corrected chi connectivity index (χ3v) is 2.97. The van der Waals surface area contributed by atoms with Crippen LogP contribution in [0.3, 0.4) is 0 Å². The first-order valence-electron chi connectivity index (χ1n) is 7.29. The zero-order valence-electron chi connectivity index (χ0n) is 13.5. The van der Waals surface area contributed by atoms with Gasteiger partial charge < -0.3 is 10.6 Å². The molecule has 0 aliphatic heterocycles. The summed E-state index contributed by atoms with van der Waals surface area (Å²) in [6, 6.07) is 11.5. The van der Waals surface area contributed by atoms with Gasteiger partial charge in [-0.05, 0) is 45.4 Å². The van der Waals surface area contributed by atoms with Crippen molar-refractivity contribution >= 4 is 11.7 Å². The largest absolute Gasteiger partial charge is 0.364 e. The smallest absolute Gasteiger partial charge is 0.272 e. The molecule has 0 unspecified atom stereocenters. The van der Waals surface area contributed by atoms with Crippen LogP contribution in [0.1, 0.15) is 42.4 Å². The zero-order chi connectivity index (χ0) is 16.2. The molecule has 5 nitrogen and oxygen atoms in total. The second kappa shape index (κ2) is 6.56. The maximum absolute atomic E-state index is 12.0. The molecule has 22 heavy (non-hydrogen) atoms. The number of carbonyl (C=O) groups is 1. The minimum Gasteiger partial charge on any atom is -0.364 e. The second-order valence-electron chi connectivity index (χ2n) is 6.35. The van der Waals surface area contributed by atoms with Gasteiger partial charge in [-0.15, -0.1) is 10.2 Å². The maximum Gasteiger partial charge on any atom is 0.272 e. The lowest BCUT2D eigenvalue weighted by molar-refractivity contribution is 0.0945. The summed E-state index contributed by atoms with van der Waals surface area (Å²) in [5.74, 6) is 0.429. The molecule has 0 aliphatic carbocycles. The Hall–Kier alpha value is -2.43. The van der Waals surface area contributed by atoms with Crippen LogP contribution >= 0.6 is 0 Å². The zero-order valence-corrected chi connectivity index (χ0v) is 13.5. The third kappa shape index (κ3) is 4.84. The number of amides is 1. The Bertz CT molecular complexity index is 627. The van der Waals surface area contributed by atoms with Gasteiger partial charge in [0.2, 0.25) is 0 Å². The Morgan fingerprint density at radius 2 is 1.73 bits per heavy atom. The van der Waals surface area contributed by atoms with Crippen molar-refractivity contribution in [1.82, 2.24) is 15.5 Å². The van der Waals surface area contributed by atoms with Crippen molar-refractivity contribution < 1.29 is 4.79 Å². The molecule has 0 saturated carbocycles. The quantitative estimate of drug-likeness (QED) is 0.910. The summed E-state index contributed by atoms with van der Waals surface area (Å²) in [6.45, 7) is 8.62. The predicted molar refractivity (Wildman–Crippen MR) is 87.8 cm³/mol. The number of aryl methyl sites for hydroxylation is 1. The van der Waals surface area contributed by atoms with Crippen molar-refractivity contribution in [2.75, 3.05) is 5.32 Å². The topological polar surface area (TPSA) is 66.9 Å². The number of aromatic nitrogens is 2. The Balaban J connectivity index is 1.93. The molecule has 1 heterocycles. The van der Waals surface area contributed by atoms with Crippen molar-refractivity contribution in [1.29, 1.82) is 0 Å². The number of hydrogen-bond acceptors (Lipinski definition) is 4. The molecule has 0 saturated heterocycles. The molecule has 5 heteroatoms. The molecule has 1 aromatic heterocycles. The molecule has 0 spiro atoms. The second-order valence-corrected chi connectivity index (χ2v) is 6.35. The van der Waals surface area contributed by atoms with E-state index in [2.05, 4.69) is 20.8 Å². The van der Waals surface area contributed by atoms with Crippen molar-refractivity contribution in [3.8, 4) is 0 Å².